The third-order valence-corrected chi connectivity index (χ3v) is 3.94. The van der Waals surface area contributed by atoms with Crippen molar-refractivity contribution < 1.29 is 9.90 Å². The molecule has 2 aliphatic rings. The normalized spacial score (nSPS) is 28.1. The topological polar surface area (TPSA) is 40.5 Å². The minimum atomic E-state index is -0.656. The molecule has 80 valence electrons. The smallest absolute Gasteiger partial charge is 0.310 e. The van der Waals surface area contributed by atoms with Gasteiger partial charge >= 0.3 is 5.97 Å². The molecule has 1 heterocycles. The van der Waals surface area contributed by atoms with E-state index in [9.17, 15) is 4.79 Å². The molecule has 1 aliphatic carbocycles. The van der Waals surface area contributed by atoms with Crippen molar-refractivity contribution in [1.29, 1.82) is 0 Å². The van der Waals surface area contributed by atoms with Crippen LogP contribution >= 0.6 is 0 Å². The molecule has 0 radical (unpaired) electrons. The number of carboxylic acids is 1. The molecule has 0 aromatic rings. The molecule has 3 heteroatoms. The van der Waals surface area contributed by atoms with Crippen molar-refractivity contribution >= 4 is 5.97 Å². The number of likely N-dealkylation sites (tertiary alicyclic amines) is 1. The van der Waals surface area contributed by atoms with Crippen LogP contribution in [0.1, 0.15) is 33.1 Å². The molecule has 1 N–H and O–H groups in total. The third-order valence-electron chi connectivity index (χ3n) is 3.94. The molecule has 1 spiro atoms. The Balaban J connectivity index is 1.86. The van der Waals surface area contributed by atoms with E-state index >= 15 is 0 Å². The minimum Gasteiger partial charge on any atom is -0.481 e. The monoisotopic (exact) mass is 197 g/mol. The predicted molar refractivity (Wildman–Crippen MR) is 54.1 cm³/mol. The summed E-state index contributed by atoms with van der Waals surface area (Å²) in [5.74, 6) is -0.656. The summed E-state index contributed by atoms with van der Waals surface area (Å²) in [5, 5.41) is 9.12. The summed E-state index contributed by atoms with van der Waals surface area (Å²) >= 11 is 0. The zero-order chi connectivity index (χ0) is 10.4. The molecule has 1 unspecified atom stereocenters. The van der Waals surface area contributed by atoms with Crippen molar-refractivity contribution in [2.24, 2.45) is 10.8 Å². The van der Waals surface area contributed by atoms with E-state index < -0.39 is 11.4 Å². The number of carbonyl (C=O) groups is 1. The summed E-state index contributed by atoms with van der Waals surface area (Å²) in [7, 11) is 0. The van der Waals surface area contributed by atoms with Crippen LogP contribution in [0, 0.1) is 10.8 Å². The van der Waals surface area contributed by atoms with Gasteiger partial charge in [-0.05, 0) is 31.6 Å². The van der Waals surface area contributed by atoms with Crippen molar-refractivity contribution in [2.75, 3.05) is 19.6 Å². The van der Waals surface area contributed by atoms with Crippen LogP contribution in [0.2, 0.25) is 0 Å². The third kappa shape index (κ3) is 1.54. The van der Waals surface area contributed by atoms with E-state index in [1.54, 1.807) is 0 Å². The van der Waals surface area contributed by atoms with E-state index in [-0.39, 0.29) is 0 Å². The molecule has 0 bridgehead atoms. The molecule has 2 rings (SSSR count). The Labute approximate surface area is 85.1 Å². The van der Waals surface area contributed by atoms with E-state index in [0.717, 1.165) is 19.6 Å². The van der Waals surface area contributed by atoms with Crippen molar-refractivity contribution in [1.82, 2.24) is 4.90 Å². The second-order valence-electron chi connectivity index (χ2n) is 5.36. The quantitative estimate of drug-likeness (QED) is 0.744. The molecule has 2 fully saturated rings. The van der Waals surface area contributed by atoms with Crippen LogP contribution in [0.25, 0.3) is 0 Å². The van der Waals surface area contributed by atoms with Crippen molar-refractivity contribution in [3.8, 4) is 0 Å². The highest BCUT2D eigenvalue weighted by molar-refractivity contribution is 5.74. The fraction of sp³-hybridized carbons (Fsp3) is 0.909. The Kier molecular flexibility index (Phi) is 2.11. The lowest BCUT2D eigenvalue weighted by Crippen LogP contribution is -2.53. The van der Waals surface area contributed by atoms with Gasteiger partial charge in [0.05, 0.1) is 5.41 Å². The van der Waals surface area contributed by atoms with Gasteiger partial charge in [0, 0.05) is 19.6 Å². The van der Waals surface area contributed by atoms with Crippen LogP contribution in [0.4, 0.5) is 0 Å². The summed E-state index contributed by atoms with van der Waals surface area (Å²) in [6.07, 6.45) is 3.44. The largest absolute Gasteiger partial charge is 0.481 e. The average molecular weight is 197 g/mol. The molecule has 1 atom stereocenters. The lowest BCUT2D eigenvalue weighted by atomic mass is 9.84. The Morgan fingerprint density at radius 3 is 2.43 bits per heavy atom. The van der Waals surface area contributed by atoms with Gasteiger partial charge in [0.15, 0.2) is 0 Å². The summed E-state index contributed by atoms with van der Waals surface area (Å²) in [4.78, 5) is 13.4. The second kappa shape index (κ2) is 2.96. The fourth-order valence-corrected chi connectivity index (χ4v) is 2.33. The van der Waals surface area contributed by atoms with Crippen LogP contribution < -0.4 is 0 Å². The van der Waals surface area contributed by atoms with Gasteiger partial charge in [0.25, 0.3) is 0 Å². The maximum absolute atomic E-state index is 11.1. The van der Waals surface area contributed by atoms with Crippen LogP contribution in [-0.4, -0.2) is 35.6 Å². The maximum Gasteiger partial charge on any atom is 0.310 e. The number of carboxylic acid groups (broad SMARTS) is 1. The first-order chi connectivity index (χ1) is 6.50. The van der Waals surface area contributed by atoms with Crippen molar-refractivity contribution in [2.45, 2.75) is 33.1 Å². The highest BCUT2D eigenvalue weighted by Gasteiger charge is 2.53. The summed E-state index contributed by atoms with van der Waals surface area (Å²) in [6, 6.07) is 0. The first kappa shape index (κ1) is 9.97. The molecule has 0 amide bonds. The van der Waals surface area contributed by atoms with Crippen molar-refractivity contribution in [3.63, 3.8) is 0 Å². The zero-order valence-electron chi connectivity index (χ0n) is 9.05. The number of nitrogens with zero attached hydrogens (tertiary/aromatic N) is 1. The first-order valence-electron chi connectivity index (χ1n) is 5.45. The van der Waals surface area contributed by atoms with Crippen LogP contribution in [0.3, 0.4) is 0 Å². The fourth-order valence-electron chi connectivity index (χ4n) is 2.33. The van der Waals surface area contributed by atoms with Gasteiger partial charge in [0.2, 0.25) is 0 Å². The second-order valence-corrected chi connectivity index (χ2v) is 5.36. The maximum atomic E-state index is 11.1. The molecule has 1 saturated heterocycles. The highest BCUT2D eigenvalue weighted by atomic mass is 16.4. The van der Waals surface area contributed by atoms with Crippen molar-refractivity contribution in [3.05, 3.63) is 0 Å². The molecule has 14 heavy (non-hydrogen) atoms. The highest BCUT2D eigenvalue weighted by Crippen LogP contribution is 2.53. The predicted octanol–water partition coefficient (Wildman–Crippen LogP) is 1.58. The Morgan fingerprint density at radius 2 is 2.07 bits per heavy atom. The van der Waals surface area contributed by atoms with E-state index in [0.29, 0.717) is 11.8 Å². The van der Waals surface area contributed by atoms with E-state index in [2.05, 4.69) is 4.90 Å². The summed E-state index contributed by atoms with van der Waals surface area (Å²) in [6.45, 7) is 6.81. The lowest BCUT2D eigenvalue weighted by molar-refractivity contribution is -0.150. The minimum absolute atomic E-state index is 0.545. The van der Waals surface area contributed by atoms with Gasteiger partial charge in [-0.15, -0.1) is 0 Å². The van der Waals surface area contributed by atoms with Gasteiger partial charge < -0.3 is 10.0 Å². The van der Waals surface area contributed by atoms with Crippen LogP contribution in [0.5, 0.6) is 0 Å². The summed E-state index contributed by atoms with van der Waals surface area (Å²) in [5.41, 5.74) is 0.0870. The average Bonchev–Trinajstić information content (AvgIpc) is 2.83. The number of hydrogen-bond donors (Lipinski definition) is 1. The van der Waals surface area contributed by atoms with Gasteiger partial charge in [-0.25, -0.2) is 0 Å². The number of hydrogen-bond acceptors (Lipinski definition) is 2. The molecular formula is C11H19NO2. The Hall–Kier alpha value is -0.570. The SMILES string of the molecule is CCC(C)(CN1CC2(CC2)C1)C(=O)O. The van der Waals surface area contributed by atoms with E-state index in [1.165, 1.54) is 12.8 Å². The van der Waals surface area contributed by atoms with E-state index in [4.69, 9.17) is 5.11 Å². The molecule has 0 aromatic carbocycles. The van der Waals surface area contributed by atoms with E-state index in [1.807, 2.05) is 13.8 Å². The zero-order valence-corrected chi connectivity index (χ0v) is 9.05. The van der Waals surface area contributed by atoms with Gasteiger partial charge in [-0.1, -0.05) is 6.92 Å². The molecular weight excluding hydrogens is 178 g/mol. The van der Waals surface area contributed by atoms with Crippen LogP contribution in [0.15, 0.2) is 0 Å². The lowest BCUT2D eigenvalue weighted by Gasteiger charge is -2.43. The first-order valence-corrected chi connectivity index (χ1v) is 5.45. The van der Waals surface area contributed by atoms with Crippen LogP contribution in [-0.2, 0) is 4.79 Å². The van der Waals surface area contributed by atoms with Gasteiger partial charge in [-0.3, -0.25) is 4.79 Å². The molecule has 0 aromatic heterocycles. The standard InChI is InChI=1S/C11H19NO2/c1-3-10(2,9(13)14)6-12-7-11(8-12)4-5-11/h3-8H2,1-2H3,(H,13,14). The summed E-state index contributed by atoms with van der Waals surface area (Å²) < 4.78 is 0. The Bertz CT molecular complexity index is 252. The number of aliphatic carboxylic acids is 1. The number of rotatable bonds is 4. The molecule has 1 aliphatic heterocycles. The molecule has 1 saturated carbocycles. The Morgan fingerprint density at radius 1 is 1.50 bits per heavy atom. The van der Waals surface area contributed by atoms with Gasteiger partial charge in [-0.2, -0.15) is 0 Å². The molecule has 3 nitrogen and oxygen atoms in total. The van der Waals surface area contributed by atoms with Gasteiger partial charge in [0.1, 0.15) is 0 Å².